The molecule has 0 saturated carbocycles. The Hall–Kier alpha value is -3.18. The van der Waals surface area contributed by atoms with Crippen LogP contribution < -0.4 is 10.5 Å². The molecule has 3 rings (SSSR count). The molecule has 0 spiro atoms. The van der Waals surface area contributed by atoms with Crippen LogP contribution in [0.2, 0.25) is 0 Å². The molecule has 0 saturated heterocycles. The van der Waals surface area contributed by atoms with E-state index in [1.54, 1.807) is 29.1 Å². The highest BCUT2D eigenvalue weighted by molar-refractivity contribution is 5.77. The van der Waals surface area contributed by atoms with E-state index in [0.29, 0.717) is 48.1 Å². The number of nitrogens with two attached hydrogens (primary N) is 1. The van der Waals surface area contributed by atoms with Gasteiger partial charge in [-0.15, -0.1) is 0 Å². The van der Waals surface area contributed by atoms with Crippen LogP contribution in [0.25, 0.3) is 17.0 Å². The molecule has 0 radical (unpaired) electrons. The summed E-state index contributed by atoms with van der Waals surface area (Å²) in [6, 6.07) is 7.18. The van der Waals surface area contributed by atoms with Crippen molar-refractivity contribution in [2.45, 2.75) is 6.92 Å². The third-order valence-corrected chi connectivity index (χ3v) is 3.33. The van der Waals surface area contributed by atoms with E-state index in [-0.39, 0.29) is 5.82 Å². The quantitative estimate of drug-likeness (QED) is 0.686. The molecule has 0 fully saturated rings. The molecule has 0 bridgehead atoms. The lowest BCUT2D eigenvalue weighted by atomic mass is 10.3. The molecular weight excluding hydrogens is 308 g/mol. The number of fused-ring (bicyclic) bond motifs is 1. The number of imidazole rings is 1. The minimum Gasteiger partial charge on any atom is -0.487 e. The molecular formula is C16H16N6O2. The van der Waals surface area contributed by atoms with E-state index in [0.717, 1.165) is 0 Å². The van der Waals surface area contributed by atoms with Gasteiger partial charge in [-0.3, -0.25) is 4.57 Å². The number of pyridine rings is 2. The number of hydrogen-bond donors (Lipinski definition) is 1. The van der Waals surface area contributed by atoms with E-state index >= 15 is 0 Å². The Morgan fingerprint density at radius 2 is 2.17 bits per heavy atom. The van der Waals surface area contributed by atoms with Crippen LogP contribution in [0.3, 0.4) is 0 Å². The molecule has 2 N–H and O–H groups in total. The first kappa shape index (κ1) is 15.7. The number of nitrogen functional groups attached to an aromatic ring is 1. The van der Waals surface area contributed by atoms with Crippen LogP contribution in [0.4, 0.5) is 5.82 Å². The SMILES string of the molecule is CCOCCOc1cc2ncn(-c3ccc(C#N)cn3)c2nc1N. The molecule has 8 heteroatoms. The van der Waals surface area contributed by atoms with Crippen molar-refractivity contribution >= 4 is 17.0 Å². The Balaban J connectivity index is 1.89. The van der Waals surface area contributed by atoms with Crippen LogP contribution in [0.5, 0.6) is 5.75 Å². The van der Waals surface area contributed by atoms with Crippen molar-refractivity contribution in [3.05, 3.63) is 36.3 Å². The third-order valence-electron chi connectivity index (χ3n) is 3.33. The van der Waals surface area contributed by atoms with E-state index in [1.165, 1.54) is 6.20 Å². The van der Waals surface area contributed by atoms with E-state index < -0.39 is 0 Å². The predicted octanol–water partition coefficient (Wildman–Crippen LogP) is 1.68. The van der Waals surface area contributed by atoms with Crippen molar-refractivity contribution in [3.8, 4) is 17.6 Å². The second kappa shape index (κ2) is 6.93. The summed E-state index contributed by atoms with van der Waals surface area (Å²) < 4.78 is 12.5. The molecule has 0 aliphatic heterocycles. The first-order chi connectivity index (χ1) is 11.7. The zero-order valence-corrected chi connectivity index (χ0v) is 13.1. The molecule has 0 aliphatic carbocycles. The molecule has 0 atom stereocenters. The van der Waals surface area contributed by atoms with E-state index in [1.807, 2.05) is 13.0 Å². The average Bonchev–Trinajstić information content (AvgIpc) is 3.01. The van der Waals surface area contributed by atoms with Crippen molar-refractivity contribution < 1.29 is 9.47 Å². The summed E-state index contributed by atoms with van der Waals surface area (Å²) in [4.78, 5) is 12.9. The maximum absolute atomic E-state index is 8.84. The lowest BCUT2D eigenvalue weighted by Gasteiger charge is -2.09. The van der Waals surface area contributed by atoms with E-state index in [2.05, 4.69) is 15.0 Å². The lowest BCUT2D eigenvalue weighted by molar-refractivity contribution is 0.110. The standard InChI is InChI=1S/C16H16N6O2/c1-2-23-5-6-24-13-7-12-16(21-15(13)18)22(10-20-12)14-4-3-11(8-17)9-19-14/h3-4,7,9-10H,2,5-6H2,1H3,(H2,18,21). The van der Waals surface area contributed by atoms with Gasteiger partial charge in [0.25, 0.3) is 0 Å². The Morgan fingerprint density at radius 1 is 1.29 bits per heavy atom. The minimum absolute atomic E-state index is 0.273. The smallest absolute Gasteiger partial charge is 0.168 e. The average molecular weight is 324 g/mol. The Bertz CT molecular complexity index is 882. The van der Waals surface area contributed by atoms with Gasteiger partial charge in [0.05, 0.1) is 12.2 Å². The van der Waals surface area contributed by atoms with Gasteiger partial charge < -0.3 is 15.2 Å². The number of aromatic nitrogens is 4. The number of nitriles is 1. The van der Waals surface area contributed by atoms with Crippen molar-refractivity contribution in [2.24, 2.45) is 0 Å². The van der Waals surface area contributed by atoms with Gasteiger partial charge in [-0.1, -0.05) is 0 Å². The highest BCUT2D eigenvalue weighted by Gasteiger charge is 2.12. The number of rotatable bonds is 6. The number of nitrogens with zero attached hydrogens (tertiary/aromatic N) is 5. The normalized spacial score (nSPS) is 10.7. The largest absolute Gasteiger partial charge is 0.487 e. The fraction of sp³-hybridized carbons (Fsp3) is 0.250. The first-order valence-corrected chi connectivity index (χ1v) is 7.43. The van der Waals surface area contributed by atoms with Gasteiger partial charge in [0.1, 0.15) is 30.3 Å². The highest BCUT2D eigenvalue weighted by Crippen LogP contribution is 2.25. The first-order valence-electron chi connectivity index (χ1n) is 7.43. The van der Waals surface area contributed by atoms with Crippen molar-refractivity contribution in [3.63, 3.8) is 0 Å². The maximum atomic E-state index is 8.84. The van der Waals surface area contributed by atoms with Crippen LogP contribution in [0.15, 0.2) is 30.7 Å². The number of hydrogen-bond acceptors (Lipinski definition) is 7. The summed E-state index contributed by atoms with van der Waals surface area (Å²) in [5, 5.41) is 8.84. The van der Waals surface area contributed by atoms with Gasteiger partial charge in [-0.2, -0.15) is 5.26 Å². The number of ether oxygens (including phenoxy) is 2. The van der Waals surface area contributed by atoms with E-state index in [4.69, 9.17) is 20.5 Å². The highest BCUT2D eigenvalue weighted by atomic mass is 16.5. The summed E-state index contributed by atoms with van der Waals surface area (Å²) in [5.41, 5.74) is 7.67. The summed E-state index contributed by atoms with van der Waals surface area (Å²) >= 11 is 0. The Labute approximate surface area is 138 Å². The fourth-order valence-corrected chi connectivity index (χ4v) is 2.17. The van der Waals surface area contributed by atoms with Gasteiger partial charge in [0.15, 0.2) is 17.2 Å². The lowest BCUT2D eigenvalue weighted by Crippen LogP contribution is -2.08. The third kappa shape index (κ3) is 3.11. The van der Waals surface area contributed by atoms with Crippen LogP contribution in [-0.2, 0) is 4.74 Å². The molecule has 0 unspecified atom stereocenters. The summed E-state index contributed by atoms with van der Waals surface area (Å²) in [6.07, 6.45) is 3.10. The van der Waals surface area contributed by atoms with Gasteiger partial charge in [0, 0.05) is 18.9 Å². The van der Waals surface area contributed by atoms with Gasteiger partial charge in [0.2, 0.25) is 0 Å². The zero-order valence-electron chi connectivity index (χ0n) is 13.1. The molecule has 8 nitrogen and oxygen atoms in total. The van der Waals surface area contributed by atoms with E-state index in [9.17, 15) is 0 Å². The molecule has 3 heterocycles. The van der Waals surface area contributed by atoms with Crippen LogP contribution >= 0.6 is 0 Å². The topological polar surface area (TPSA) is 112 Å². The van der Waals surface area contributed by atoms with Crippen LogP contribution in [-0.4, -0.2) is 39.3 Å². The van der Waals surface area contributed by atoms with Crippen molar-refractivity contribution in [1.29, 1.82) is 5.26 Å². The van der Waals surface area contributed by atoms with Gasteiger partial charge in [-0.05, 0) is 19.1 Å². The fourth-order valence-electron chi connectivity index (χ4n) is 2.17. The Morgan fingerprint density at radius 3 is 2.88 bits per heavy atom. The molecule has 24 heavy (non-hydrogen) atoms. The second-order valence-corrected chi connectivity index (χ2v) is 4.89. The molecule has 3 aromatic heterocycles. The zero-order chi connectivity index (χ0) is 16.9. The summed E-state index contributed by atoms with van der Waals surface area (Å²) in [7, 11) is 0. The van der Waals surface area contributed by atoms with Crippen molar-refractivity contribution in [1.82, 2.24) is 19.5 Å². The molecule has 0 amide bonds. The maximum Gasteiger partial charge on any atom is 0.168 e. The summed E-state index contributed by atoms with van der Waals surface area (Å²) in [6.45, 7) is 3.44. The second-order valence-electron chi connectivity index (χ2n) is 4.89. The van der Waals surface area contributed by atoms with Crippen LogP contribution in [0, 0.1) is 11.3 Å². The molecule has 0 aliphatic rings. The van der Waals surface area contributed by atoms with Gasteiger partial charge >= 0.3 is 0 Å². The minimum atomic E-state index is 0.273. The summed E-state index contributed by atoms with van der Waals surface area (Å²) in [5.74, 6) is 1.35. The van der Waals surface area contributed by atoms with Crippen LogP contribution in [0.1, 0.15) is 12.5 Å². The molecule has 0 aromatic carbocycles. The van der Waals surface area contributed by atoms with Crippen molar-refractivity contribution in [2.75, 3.05) is 25.6 Å². The van der Waals surface area contributed by atoms with Gasteiger partial charge in [-0.25, -0.2) is 15.0 Å². The molecule has 122 valence electrons. The predicted molar refractivity (Wildman–Crippen MR) is 87.8 cm³/mol. The number of anilines is 1. The monoisotopic (exact) mass is 324 g/mol. The Kier molecular flexibility index (Phi) is 4.54. The molecule has 3 aromatic rings.